The van der Waals surface area contributed by atoms with Gasteiger partial charge in [0.15, 0.2) is 0 Å². The van der Waals surface area contributed by atoms with Gasteiger partial charge in [-0.3, -0.25) is 14.5 Å². The van der Waals surface area contributed by atoms with Crippen molar-refractivity contribution in [2.24, 2.45) is 5.73 Å². The summed E-state index contributed by atoms with van der Waals surface area (Å²) in [7, 11) is 1.37. The molecule has 1 aliphatic rings. The van der Waals surface area contributed by atoms with Crippen LogP contribution in [0.1, 0.15) is 22.3 Å². The van der Waals surface area contributed by atoms with Gasteiger partial charge in [-0.15, -0.1) is 0 Å². The highest BCUT2D eigenvalue weighted by Crippen LogP contribution is 2.14. The zero-order valence-electron chi connectivity index (χ0n) is 12.1. The van der Waals surface area contributed by atoms with Crippen LogP contribution in [-0.2, 0) is 20.8 Å². The molecule has 0 aromatic heterocycles. The Bertz CT molecular complexity index is 518. The number of nitrogens with two attached hydrogens (primary N) is 1. The summed E-state index contributed by atoms with van der Waals surface area (Å²) >= 11 is 0. The summed E-state index contributed by atoms with van der Waals surface area (Å²) in [5.41, 5.74) is 6.81. The molecule has 1 fully saturated rings. The first kappa shape index (κ1) is 15.5. The number of nitrogens with zero attached hydrogens (tertiary/aromatic N) is 1. The molecule has 2 N–H and O–H groups in total. The molecule has 0 bridgehead atoms. The lowest BCUT2D eigenvalue weighted by molar-refractivity contribution is -0.145. The molecule has 1 aromatic carbocycles. The monoisotopic (exact) mass is 292 g/mol. The van der Waals surface area contributed by atoms with Crippen LogP contribution in [-0.4, -0.2) is 49.7 Å². The minimum atomic E-state index is -0.428. The maximum Gasteiger partial charge on any atom is 0.308 e. The predicted octanol–water partition coefficient (Wildman–Crippen LogP) is 0.549. The number of carbonyl (C=O) groups excluding carboxylic acids is 2. The van der Waals surface area contributed by atoms with Gasteiger partial charge in [0.1, 0.15) is 0 Å². The van der Waals surface area contributed by atoms with Gasteiger partial charge in [0.05, 0.1) is 26.2 Å². The fraction of sp³-hybridized carbons (Fsp3) is 0.467. The molecular weight excluding hydrogens is 272 g/mol. The summed E-state index contributed by atoms with van der Waals surface area (Å²) in [4.78, 5) is 24.7. The average molecular weight is 292 g/mol. The third-order valence-electron chi connectivity index (χ3n) is 3.46. The van der Waals surface area contributed by atoms with Gasteiger partial charge in [0.2, 0.25) is 5.91 Å². The molecule has 1 heterocycles. The van der Waals surface area contributed by atoms with Crippen LogP contribution in [0, 0.1) is 0 Å². The molecule has 1 amide bonds. The van der Waals surface area contributed by atoms with Crippen molar-refractivity contribution < 1.29 is 19.1 Å². The summed E-state index contributed by atoms with van der Waals surface area (Å²) in [6.45, 7) is 2.73. The molecule has 0 radical (unpaired) electrons. The first-order valence-electron chi connectivity index (χ1n) is 6.88. The van der Waals surface area contributed by atoms with Crippen molar-refractivity contribution in [1.29, 1.82) is 0 Å². The van der Waals surface area contributed by atoms with Gasteiger partial charge in [0.25, 0.3) is 0 Å². The van der Waals surface area contributed by atoms with E-state index in [9.17, 15) is 9.59 Å². The van der Waals surface area contributed by atoms with Crippen LogP contribution >= 0.6 is 0 Å². The molecule has 1 aliphatic heterocycles. The number of hydrogen-bond donors (Lipinski definition) is 1. The normalized spacial score (nSPS) is 19.2. The van der Waals surface area contributed by atoms with E-state index in [1.165, 1.54) is 7.11 Å². The van der Waals surface area contributed by atoms with Crippen LogP contribution in [0.15, 0.2) is 24.3 Å². The zero-order chi connectivity index (χ0) is 15.2. The number of benzene rings is 1. The lowest BCUT2D eigenvalue weighted by atomic mass is 10.1. The third kappa shape index (κ3) is 4.54. The van der Waals surface area contributed by atoms with Crippen LogP contribution in [0.4, 0.5) is 0 Å². The maximum atomic E-state index is 11.3. The van der Waals surface area contributed by atoms with E-state index in [2.05, 4.69) is 9.64 Å². The summed E-state index contributed by atoms with van der Waals surface area (Å²) in [5.74, 6) is -0.694. The van der Waals surface area contributed by atoms with Crippen molar-refractivity contribution >= 4 is 11.9 Å². The summed E-state index contributed by atoms with van der Waals surface area (Å²) in [5, 5.41) is 0. The molecule has 1 unspecified atom stereocenters. The number of ether oxygens (including phenoxy) is 2. The van der Waals surface area contributed by atoms with Gasteiger partial charge in [-0.2, -0.15) is 0 Å². The SMILES string of the molecule is COC(=O)CC1CN(Cc2cccc(C(N)=O)c2)CCO1. The topological polar surface area (TPSA) is 81.9 Å². The maximum absolute atomic E-state index is 11.3. The van der Waals surface area contributed by atoms with Crippen LogP contribution in [0.25, 0.3) is 0 Å². The van der Waals surface area contributed by atoms with Gasteiger partial charge in [-0.05, 0) is 17.7 Å². The average Bonchev–Trinajstić information content (AvgIpc) is 2.47. The van der Waals surface area contributed by atoms with Crippen molar-refractivity contribution in [3.8, 4) is 0 Å². The Morgan fingerprint density at radius 3 is 3.00 bits per heavy atom. The molecule has 1 aromatic rings. The fourth-order valence-corrected chi connectivity index (χ4v) is 2.40. The van der Waals surface area contributed by atoms with E-state index in [0.717, 1.165) is 12.1 Å². The van der Waals surface area contributed by atoms with Crippen molar-refractivity contribution in [3.63, 3.8) is 0 Å². The number of primary amides is 1. The number of hydrogen-bond acceptors (Lipinski definition) is 5. The van der Waals surface area contributed by atoms with Crippen molar-refractivity contribution in [2.75, 3.05) is 26.8 Å². The van der Waals surface area contributed by atoms with Crippen LogP contribution in [0.2, 0.25) is 0 Å². The van der Waals surface area contributed by atoms with E-state index in [4.69, 9.17) is 10.5 Å². The van der Waals surface area contributed by atoms with Crippen molar-refractivity contribution in [3.05, 3.63) is 35.4 Å². The van der Waals surface area contributed by atoms with Gasteiger partial charge < -0.3 is 15.2 Å². The van der Waals surface area contributed by atoms with Crippen LogP contribution in [0.5, 0.6) is 0 Å². The number of esters is 1. The molecule has 21 heavy (non-hydrogen) atoms. The van der Waals surface area contributed by atoms with E-state index < -0.39 is 5.91 Å². The second kappa shape index (κ2) is 7.19. The second-order valence-corrected chi connectivity index (χ2v) is 5.07. The van der Waals surface area contributed by atoms with E-state index in [1.807, 2.05) is 12.1 Å². The molecule has 1 atom stereocenters. The second-order valence-electron chi connectivity index (χ2n) is 5.07. The highest BCUT2D eigenvalue weighted by molar-refractivity contribution is 5.92. The smallest absolute Gasteiger partial charge is 0.308 e. The van der Waals surface area contributed by atoms with Gasteiger partial charge >= 0.3 is 5.97 Å². The van der Waals surface area contributed by atoms with E-state index >= 15 is 0 Å². The Morgan fingerprint density at radius 2 is 2.29 bits per heavy atom. The summed E-state index contributed by atoms with van der Waals surface area (Å²) in [6, 6.07) is 7.28. The molecule has 114 valence electrons. The highest BCUT2D eigenvalue weighted by Gasteiger charge is 2.23. The fourth-order valence-electron chi connectivity index (χ4n) is 2.40. The van der Waals surface area contributed by atoms with Gasteiger partial charge in [-0.1, -0.05) is 12.1 Å². The van der Waals surface area contributed by atoms with E-state index in [0.29, 0.717) is 25.3 Å². The Labute approximate surface area is 123 Å². The minimum Gasteiger partial charge on any atom is -0.469 e. The first-order chi connectivity index (χ1) is 10.1. The number of amides is 1. The van der Waals surface area contributed by atoms with Crippen molar-refractivity contribution in [2.45, 2.75) is 19.1 Å². The predicted molar refractivity (Wildman–Crippen MR) is 76.6 cm³/mol. The third-order valence-corrected chi connectivity index (χ3v) is 3.46. The Kier molecular flexibility index (Phi) is 5.30. The molecule has 2 rings (SSSR count). The Morgan fingerprint density at radius 1 is 1.48 bits per heavy atom. The molecule has 1 saturated heterocycles. The number of methoxy groups -OCH3 is 1. The minimum absolute atomic E-state index is 0.148. The standard InChI is InChI=1S/C15H20N2O4/c1-20-14(18)8-13-10-17(5-6-21-13)9-11-3-2-4-12(7-11)15(16)19/h2-4,7,13H,5-6,8-10H2,1H3,(H2,16,19). The van der Waals surface area contributed by atoms with Crippen LogP contribution < -0.4 is 5.73 Å². The molecule has 0 aliphatic carbocycles. The summed E-state index contributed by atoms with van der Waals surface area (Å²) < 4.78 is 10.2. The largest absolute Gasteiger partial charge is 0.469 e. The van der Waals surface area contributed by atoms with Gasteiger partial charge in [-0.25, -0.2) is 0 Å². The van der Waals surface area contributed by atoms with E-state index in [-0.39, 0.29) is 18.5 Å². The molecule has 0 saturated carbocycles. The molecular formula is C15H20N2O4. The molecule has 6 heteroatoms. The quantitative estimate of drug-likeness (QED) is 0.801. The summed E-state index contributed by atoms with van der Waals surface area (Å²) in [6.07, 6.45) is 0.111. The van der Waals surface area contributed by atoms with Crippen molar-refractivity contribution in [1.82, 2.24) is 4.90 Å². The molecule has 0 spiro atoms. The van der Waals surface area contributed by atoms with Crippen LogP contribution in [0.3, 0.4) is 0 Å². The molecule has 6 nitrogen and oxygen atoms in total. The zero-order valence-corrected chi connectivity index (χ0v) is 12.1. The van der Waals surface area contributed by atoms with Gasteiger partial charge in [0, 0.05) is 25.2 Å². The Hall–Kier alpha value is -1.92. The lowest BCUT2D eigenvalue weighted by Gasteiger charge is -2.32. The lowest BCUT2D eigenvalue weighted by Crippen LogP contribution is -2.42. The number of carbonyl (C=O) groups is 2. The number of rotatable bonds is 5. The highest BCUT2D eigenvalue weighted by atomic mass is 16.5. The number of morpholine rings is 1. The van der Waals surface area contributed by atoms with E-state index in [1.54, 1.807) is 12.1 Å². The first-order valence-corrected chi connectivity index (χ1v) is 6.88. The Balaban J connectivity index is 1.94.